The number of hydrogen-bond acceptors (Lipinski definition) is 6. The zero-order valence-electron chi connectivity index (χ0n) is 15.3. The highest BCUT2D eigenvalue weighted by Crippen LogP contribution is 2.23. The van der Waals surface area contributed by atoms with E-state index in [0.29, 0.717) is 11.3 Å². The molecule has 0 spiro atoms. The molecule has 7 nitrogen and oxygen atoms in total. The summed E-state index contributed by atoms with van der Waals surface area (Å²) in [4.78, 5) is 25.8. The van der Waals surface area contributed by atoms with Crippen LogP contribution in [0.5, 0.6) is 0 Å². The monoisotopic (exact) mass is 335 g/mol. The SMILES string of the molecule is C=Cc1cc(C)c(N(C(=O)OC(C)(C)C)C(=O)OC(C)(C)C)nn1. The number of nitrogens with zero attached hydrogens (tertiary/aromatic N) is 3. The van der Waals surface area contributed by atoms with Crippen LogP contribution >= 0.6 is 0 Å². The third-order valence-electron chi connectivity index (χ3n) is 2.55. The van der Waals surface area contributed by atoms with Crippen molar-refractivity contribution in [1.82, 2.24) is 10.2 Å². The summed E-state index contributed by atoms with van der Waals surface area (Å²) in [5.74, 6) is 0.0594. The average Bonchev–Trinajstić information content (AvgIpc) is 2.36. The molecule has 0 atom stereocenters. The van der Waals surface area contributed by atoms with Crippen LogP contribution in [0.2, 0.25) is 0 Å². The van der Waals surface area contributed by atoms with E-state index >= 15 is 0 Å². The molecule has 0 saturated heterocycles. The van der Waals surface area contributed by atoms with Crippen molar-refractivity contribution in [2.45, 2.75) is 59.7 Å². The quantitative estimate of drug-likeness (QED) is 0.809. The molecule has 0 aliphatic heterocycles. The summed E-state index contributed by atoms with van der Waals surface area (Å²) in [5.41, 5.74) is -0.458. The van der Waals surface area contributed by atoms with Gasteiger partial charge in [0.15, 0.2) is 5.82 Å². The normalized spacial score (nSPS) is 11.6. The number of carbonyl (C=O) groups is 2. The summed E-state index contributed by atoms with van der Waals surface area (Å²) in [6.45, 7) is 15.6. The Hall–Kier alpha value is -2.44. The zero-order valence-corrected chi connectivity index (χ0v) is 15.3. The minimum Gasteiger partial charge on any atom is -0.443 e. The molecule has 0 saturated carbocycles. The maximum atomic E-state index is 12.5. The largest absolute Gasteiger partial charge is 0.443 e. The van der Waals surface area contributed by atoms with Gasteiger partial charge in [-0.1, -0.05) is 6.58 Å². The third kappa shape index (κ3) is 5.64. The predicted octanol–water partition coefficient (Wildman–Crippen LogP) is 4.10. The Morgan fingerprint density at radius 2 is 1.50 bits per heavy atom. The molecule has 132 valence electrons. The first kappa shape index (κ1) is 19.6. The molecule has 7 heteroatoms. The number of hydrogen-bond donors (Lipinski definition) is 0. The molecule has 0 aliphatic rings. The summed E-state index contributed by atoms with van der Waals surface area (Å²) < 4.78 is 10.6. The molecule has 0 N–H and O–H groups in total. The summed E-state index contributed by atoms with van der Waals surface area (Å²) in [6, 6.07) is 1.66. The van der Waals surface area contributed by atoms with Gasteiger partial charge in [-0.15, -0.1) is 10.2 Å². The van der Waals surface area contributed by atoms with E-state index in [9.17, 15) is 9.59 Å². The van der Waals surface area contributed by atoms with E-state index in [0.717, 1.165) is 4.90 Å². The Morgan fingerprint density at radius 1 is 1.04 bits per heavy atom. The molecule has 24 heavy (non-hydrogen) atoms. The molecule has 1 rings (SSSR count). The van der Waals surface area contributed by atoms with Crippen molar-refractivity contribution in [3.8, 4) is 0 Å². The Balaban J connectivity index is 3.30. The van der Waals surface area contributed by atoms with Crippen molar-refractivity contribution < 1.29 is 19.1 Å². The van der Waals surface area contributed by atoms with Crippen LogP contribution < -0.4 is 4.90 Å². The lowest BCUT2D eigenvalue weighted by Gasteiger charge is -2.28. The first-order chi connectivity index (χ1) is 10.8. The summed E-state index contributed by atoms with van der Waals surface area (Å²) in [7, 11) is 0. The van der Waals surface area contributed by atoms with Crippen molar-refractivity contribution in [3.05, 3.63) is 23.9 Å². The van der Waals surface area contributed by atoms with E-state index in [4.69, 9.17) is 9.47 Å². The minimum atomic E-state index is -0.875. The van der Waals surface area contributed by atoms with Gasteiger partial charge in [0, 0.05) is 0 Å². The molecular weight excluding hydrogens is 310 g/mol. The molecule has 0 bridgehead atoms. The first-order valence-corrected chi connectivity index (χ1v) is 7.57. The van der Waals surface area contributed by atoms with Gasteiger partial charge in [-0.2, -0.15) is 4.90 Å². The van der Waals surface area contributed by atoms with E-state index in [2.05, 4.69) is 16.8 Å². The number of ether oxygens (including phenoxy) is 2. The van der Waals surface area contributed by atoms with Gasteiger partial charge in [0.05, 0.1) is 5.69 Å². The number of carbonyl (C=O) groups excluding carboxylic acids is 2. The Labute approximate surface area is 142 Å². The van der Waals surface area contributed by atoms with Crippen molar-refractivity contribution in [2.24, 2.45) is 0 Å². The first-order valence-electron chi connectivity index (χ1n) is 7.57. The molecule has 1 aromatic rings. The lowest BCUT2D eigenvalue weighted by molar-refractivity contribution is 0.0428. The van der Waals surface area contributed by atoms with Crippen LogP contribution in [0.15, 0.2) is 12.6 Å². The third-order valence-corrected chi connectivity index (χ3v) is 2.55. The lowest BCUT2D eigenvalue weighted by atomic mass is 10.2. The lowest BCUT2D eigenvalue weighted by Crippen LogP contribution is -2.44. The van der Waals surface area contributed by atoms with Gasteiger partial charge in [0.2, 0.25) is 0 Å². The van der Waals surface area contributed by atoms with E-state index < -0.39 is 23.4 Å². The molecule has 0 unspecified atom stereocenters. The van der Waals surface area contributed by atoms with E-state index in [-0.39, 0.29) is 5.82 Å². The van der Waals surface area contributed by atoms with Crippen molar-refractivity contribution in [1.29, 1.82) is 0 Å². The average molecular weight is 335 g/mol. The van der Waals surface area contributed by atoms with Crippen molar-refractivity contribution >= 4 is 24.1 Å². The summed E-state index contributed by atoms with van der Waals surface area (Å²) in [6.07, 6.45) is -0.226. The number of imide groups is 1. The topological polar surface area (TPSA) is 81.6 Å². The van der Waals surface area contributed by atoms with Crippen LogP contribution in [0.4, 0.5) is 15.4 Å². The number of anilines is 1. The Bertz CT molecular complexity index is 614. The number of aryl methyl sites for hydroxylation is 1. The van der Waals surface area contributed by atoms with E-state index in [1.165, 1.54) is 6.08 Å². The summed E-state index contributed by atoms with van der Waals surface area (Å²) in [5, 5.41) is 7.87. The van der Waals surface area contributed by atoms with Gasteiger partial charge in [-0.05, 0) is 66.2 Å². The van der Waals surface area contributed by atoms with Crippen molar-refractivity contribution in [3.63, 3.8) is 0 Å². The van der Waals surface area contributed by atoms with Gasteiger partial charge in [-0.3, -0.25) is 0 Å². The maximum absolute atomic E-state index is 12.5. The Kier molecular flexibility index (Phi) is 5.71. The molecule has 0 radical (unpaired) electrons. The number of aromatic nitrogens is 2. The molecule has 0 fully saturated rings. The fourth-order valence-corrected chi connectivity index (χ4v) is 1.68. The van der Waals surface area contributed by atoms with Crippen LogP contribution in [-0.4, -0.2) is 33.6 Å². The fourth-order valence-electron chi connectivity index (χ4n) is 1.68. The van der Waals surface area contributed by atoms with Crippen molar-refractivity contribution in [2.75, 3.05) is 4.90 Å². The minimum absolute atomic E-state index is 0.0594. The van der Waals surface area contributed by atoms with E-state index in [1.807, 2.05) is 0 Å². The molecule has 1 heterocycles. The number of amides is 2. The molecule has 0 aliphatic carbocycles. The molecule has 0 aromatic carbocycles. The highest BCUT2D eigenvalue weighted by Gasteiger charge is 2.34. The fraction of sp³-hybridized carbons (Fsp3) is 0.529. The van der Waals surface area contributed by atoms with E-state index in [1.54, 1.807) is 54.5 Å². The van der Waals surface area contributed by atoms with Gasteiger partial charge in [0.1, 0.15) is 11.2 Å². The van der Waals surface area contributed by atoms with Crippen LogP contribution in [-0.2, 0) is 9.47 Å². The highest BCUT2D eigenvalue weighted by molar-refractivity contribution is 6.09. The predicted molar refractivity (Wildman–Crippen MR) is 91.8 cm³/mol. The second-order valence-electron chi connectivity index (χ2n) is 7.28. The van der Waals surface area contributed by atoms with Crippen LogP contribution in [0.25, 0.3) is 6.08 Å². The number of rotatable bonds is 2. The second kappa shape index (κ2) is 6.98. The van der Waals surface area contributed by atoms with Gasteiger partial charge in [0.25, 0.3) is 0 Å². The standard InChI is InChI=1S/C17H25N3O4/c1-9-12-10-11(2)13(19-18-12)20(14(21)23-16(3,4)5)15(22)24-17(6,7)8/h9-10H,1H2,2-8H3. The Morgan fingerprint density at radius 3 is 1.83 bits per heavy atom. The maximum Gasteiger partial charge on any atom is 0.425 e. The highest BCUT2D eigenvalue weighted by atomic mass is 16.6. The molecular formula is C17H25N3O4. The molecule has 1 aromatic heterocycles. The van der Waals surface area contributed by atoms with Gasteiger partial charge >= 0.3 is 12.2 Å². The smallest absolute Gasteiger partial charge is 0.425 e. The van der Waals surface area contributed by atoms with Gasteiger partial charge < -0.3 is 9.47 Å². The van der Waals surface area contributed by atoms with Crippen LogP contribution in [0.1, 0.15) is 52.8 Å². The second-order valence-corrected chi connectivity index (χ2v) is 7.28. The van der Waals surface area contributed by atoms with Crippen LogP contribution in [0.3, 0.4) is 0 Å². The summed E-state index contributed by atoms with van der Waals surface area (Å²) >= 11 is 0. The van der Waals surface area contributed by atoms with Gasteiger partial charge in [-0.25, -0.2) is 9.59 Å². The molecule has 2 amide bonds. The van der Waals surface area contributed by atoms with Crippen LogP contribution in [0, 0.1) is 6.92 Å². The zero-order chi connectivity index (χ0) is 18.7.